The van der Waals surface area contributed by atoms with E-state index in [9.17, 15) is 9.59 Å². The summed E-state index contributed by atoms with van der Waals surface area (Å²) in [7, 11) is 0. The maximum Gasteiger partial charge on any atom is 0.243 e. The number of ether oxygens (including phenoxy) is 1. The van der Waals surface area contributed by atoms with Gasteiger partial charge in [-0.1, -0.05) is 62.4 Å². The van der Waals surface area contributed by atoms with Crippen LogP contribution in [0.4, 0.5) is 17.1 Å². The van der Waals surface area contributed by atoms with Gasteiger partial charge in [-0.3, -0.25) is 9.59 Å². The van der Waals surface area contributed by atoms with E-state index in [1.165, 1.54) is 5.56 Å². The van der Waals surface area contributed by atoms with Crippen molar-refractivity contribution in [2.75, 3.05) is 29.1 Å². The van der Waals surface area contributed by atoms with Crippen molar-refractivity contribution in [3.05, 3.63) is 84.4 Å². The van der Waals surface area contributed by atoms with Crippen LogP contribution < -0.4 is 20.7 Å². The zero-order valence-corrected chi connectivity index (χ0v) is 19.1. The third-order valence-electron chi connectivity index (χ3n) is 4.98. The predicted molar refractivity (Wildman–Crippen MR) is 134 cm³/mol. The van der Waals surface area contributed by atoms with Gasteiger partial charge in [-0.25, -0.2) is 0 Å². The van der Waals surface area contributed by atoms with Crippen LogP contribution in [0.3, 0.4) is 0 Å². The Hall–Kier alpha value is -3.80. The van der Waals surface area contributed by atoms with Gasteiger partial charge in [-0.15, -0.1) is 0 Å². The quantitative estimate of drug-likeness (QED) is 0.348. The number of amides is 2. The van der Waals surface area contributed by atoms with Crippen molar-refractivity contribution in [1.29, 1.82) is 0 Å². The number of rotatable bonds is 11. The molecule has 0 aliphatic heterocycles. The number of hydrogen-bond donors (Lipinski definition) is 3. The highest BCUT2D eigenvalue weighted by Gasteiger charge is 2.09. The minimum absolute atomic E-state index is 0.0507. The molecule has 172 valence electrons. The zero-order chi connectivity index (χ0) is 23.5. The van der Waals surface area contributed by atoms with E-state index < -0.39 is 0 Å². The molecule has 33 heavy (non-hydrogen) atoms. The van der Waals surface area contributed by atoms with Crippen LogP contribution in [0.15, 0.2) is 78.9 Å². The first-order valence-electron chi connectivity index (χ1n) is 11.2. The van der Waals surface area contributed by atoms with Crippen molar-refractivity contribution in [1.82, 2.24) is 0 Å². The minimum atomic E-state index is -0.188. The molecule has 2 amide bonds. The maximum absolute atomic E-state index is 12.5. The summed E-state index contributed by atoms with van der Waals surface area (Å²) in [6.45, 7) is 4.33. The monoisotopic (exact) mass is 445 g/mol. The molecule has 6 nitrogen and oxygen atoms in total. The van der Waals surface area contributed by atoms with Crippen molar-refractivity contribution >= 4 is 28.9 Å². The average Bonchev–Trinajstić information content (AvgIpc) is 2.82. The van der Waals surface area contributed by atoms with Crippen LogP contribution in [0.25, 0.3) is 0 Å². The van der Waals surface area contributed by atoms with Gasteiger partial charge in [0.05, 0.1) is 18.8 Å². The second-order valence-corrected chi connectivity index (χ2v) is 8.06. The Kier molecular flexibility index (Phi) is 8.88. The van der Waals surface area contributed by atoms with E-state index in [1.54, 1.807) is 6.07 Å². The third-order valence-corrected chi connectivity index (χ3v) is 4.98. The summed E-state index contributed by atoms with van der Waals surface area (Å²) < 4.78 is 5.92. The topological polar surface area (TPSA) is 79.5 Å². The van der Waals surface area contributed by atoms with Crippen LogP contribution in [0.1, 0.15) is 25.8 Å². The molecule has 0 radical (unpaired) electrons. The molecule has 6 heteroatoms. The van der Waals surface area contributed by atoms with Crippen LogP contribution >= 0.6 is 0 Å². The zero-order valence-electron chi connectivity index (χ0n) is 19.1. The van der Waals surface area contributed by atoms with Crippen molar-refractivity contribution in [3.8, 4) is 5.75 Å². The SMILES string of the molecule is CC(C)C(=O)Nc1cccc(NCC(=O)Nc2ccccc2OCCCc2ccccc2)c1. The molecule has 0 atom stereocenters. The normalized spacial score (nSPS) is 10.5. The fraction of sp³-hybridized carbons (Fsp3) is 0.259. The van der Waals surface area contributed by atoms with Crippen LogP contribution in [-0.2, 0) is 16.0 Å². The minimum Gasteiger partial charge on any atom is -0.491 e. The molecule has 0 aliphatic rings. The van der Waals surface area contributed by atoms with Gasteiger partial charge >= 0.3 is 0 Å². The molecule has 3 aromatic carbocycles. The Labute approximate surface area is 195 Å². The highest BCUT2D eigenvalue weighted by atomic mass is 16.5. The summed E-state index contributed by atoms with van der Waals surface area (Å²) in [6, 6.07) is 25.0. The summed E-state index contributed by atoms with van der Waals surface area (Å²) in [6.07, 6.45) is 1.83. The molecule has 0 bridgehead atoms. The first kappa shape index (κ1) is 23.9. The number of hydrogen-bond acceptors (Lipinski definition) is 4. The van der Waals surface area contributed by atoms with Crippen molar-refractivity contribution in [2.24, 2.45) is 5.92 Å². The Bertz CT molecular complexity index is 1050. The molecular formula is C27H31N3O3. The van der Waals surface area contributed by atoms with E-state index in [0.717, 1.165) is 18.5 Å². The molecule has 0 heterocycles. The fourth-order valence-corrected chi connectivity index (χ4v) is 3.17. The fourth-order valence-electron chi connectivity index (χ4n) is 3.17. The standard InChI is InChI=1S/C27H31N3O3/c1-20(2)27(32)29-23-14-8-13-22(18-23)28-19-26(31)30-24-15-6-7-16-25(24)33-17-9-12-21-10-4-3-5-11-21/h3-8,10-11,13-16,18,20,28H,9,12,17,19H2,1-2H3,(H,29,32)(H,30,31). The van der Waals surface area contributed by atoms with Crippen LogP contribution in [-0.4, -0.2) is 25.0 Å². The van der Waals surface area contributed by atoms with Crippen LogP contribution in [0.2, 0.25) is 0 Å². The van der Waals surface area contributed by atoms with E-state index in [0.29, 0.717) is 23.7 Å². The Balaban J connectivity index is 1.48. The van der Waals surface area contributed by atoms with E-state index in [-0.39, 0.29) is 24.3 Å². The molecular weight excluding hydrogens is 414 g/mol. The Morgan fingerprint density at radius 3 is 2.36 bits per heavy atom. The van der Waals surface area contributed by atoms with Crippen molar-refractivity contribution in [3.63, 3.8) is 0 Å². The molecule has 3 N–H and O–H groups in total. The number of para-hydroxylation sites is 2. The predicted octanol–water partition coefficient (Wildman–Crippen LogP) is 5.34. The molecule has 0 spiro atoms. The lowest BCUT2D eigenvalue weighted by Crippen LogP contribution is -2.22. The highest BCUT2D eigenvalue weighted by molar-refractivity contribution is 5.95. The Morgan fingerprint density at radius 1 is 0.848 bits per heavy atom. The average molecular weight is 446 g/mol. The van der Waals surface area contributed by atoms with Gasteiger partial charge in [-0.2, -0.15) is 0 Å². The number of aryl methyl sites for hydroxylation is 1. The molecule has 3 aromatic rings. The number of carbonyl (C=O) groups is 2. The largest absolute Gasteiger partial charge is 0.491 e. The van der Waals surface area contributed by atoms with Gasteiger partial charge in [0.15, 0.2) is 0 Å². The smallest absolute Gasteiger partial charge is 0.243 e. The highest BCUT2D eigenvalue weighted by Crippen LogP contribution is 2.24. The first-order valence-corrected chi connectivity index (χ1v) is 11.2. The summed E-state index contributed by atoms with van der Waals surface area (Å²) in [4.78, 5) is 24.4. The van der Waals surface area contributed by atoms with Crippen molar-refractivity contribution < 1.29 is 14.3 Å². The molecule has 0 fully saturated rings. The second-order valence-electron chi connectivity index (χ2n) is 8.06. The summed E-state index contributed by atoms with van der Waals surface area (Å²) >= 11 is 0. The van der Waals surface area contributed by atoms with Gasteiger partial charge in [0, 0.05) is 17.3 Å². The van der Waals surface area contributed by atoms with Gasteiger partial charge in [0.2, 0.25) is 11.8 Å². The molecule has 0 aromatic heterocycles. The second kappa shape index (κ2) is 12.3. The lowest BCUT2D eigenvalue weighted by atomic mass is 10.1. The number of anilines is 3. The van der Waals surface area contributed by atoms with E-state index >= 15 is 0 Å². The lowest BCUT2D eigenvalue weighted by Gasteiger charge is -2.14. The maximum atomic E-state index is 12.5. The molecule has 3 rings (SSSR count). The van der Waals surface area contributed by atoms with Gasteiger partial charge < -0.3 is 20.7 Å². The summed E-state index contributed by atoms with van der Waals surface area (Å²) in [5.74, 6) is 0.308. The molecule has 0 saturated heterocycles. The number of carbonyl (C=O) groups excluding carboxylic acids is 2. The lowest BCUT2D eigenvalue weighted by molar-refractivity contribution is -0.119. The molecule has 0 unspecified atom stereocenters. The van der Waals surface area contributed by atoms with Gasteiger partial charge in [-0.05, 0) is 48.7 Å². The van der Waals surface area contributed by atoms with Crippen molar-refractivity contribution in [2.45, 2.75) is 26.7 Å². The number of benzene rings is 3. The van der Waals surface area contributed by atoms with E-state index in [2.05, 4.69) is 28.1 Å². The van der Waals surface area contributed by atoms with Gasteiger partial charge in [0.25, 0.3) is 0 Å². The van der Waals surface area contributed by atoms with Gasteiger partial charge in [0.1, 0.15) is 5.75 Å². The molecule has 0 saturated carbocycles. The first-order chi connectivity index (χ1) is 16.0. The number of nitrogens with one attached hydrogen (secondary N) is 3. The third kappa shape index (κ3) is 8.00. The van der Waals surface area contributed by atoms with E-state index in [4.69, 9.17) is 4.74 Å². The summed E-state index contributed by atoms with van der Waals surface area (Å²) in [5.41, 5.74) is 3.36. The van der Waals surface area contributed by atoms with E-state index in [1.807, 2.05) is 74.5 Å². The Morgan fingerprint density at radius 2 is 1.58 bits per heavy atom. The molecule has 0 aliphatic carbocycles. The van der Waals surface area contributed by atoms with Crippen LogP contribution in [0.5, 0.6) is 5.75 Å². The summed E-state index contributed by atoms with van der Waals surface area (Å²) in [5, 5.41) is 8.85. The van der Waals surface area contributed by atoms with Crippen LogP contribution in [0, 0.1) is 5.92 Å².